The van der Waals surface area contributed by atoms with Crippen LogP contribution in [0.25, 0.3) is 10.2 Å². The van der Waals surface area contributed by atoms with Crippen LogP contribution in [0.4, 0.5) is 5.13 Å². The third-order valence-corrected chi connectivity index (χ3v) is 5.94. The van der Waals surface area contributed by atoms with Crippen LogP contribution in [-0.4, -0.2) is 40.4 Å². The van der Waals surface area contributed by atoms with Gasteiger partial charge in [0.05, 0.1) is 22.8 Å². The molecule has 1 aromatic carbocycles. The summed E-state index contributed by atoms with van der Waals surface area (Å²) >= 11 is 10.6. The minimum atomic E-state index is -1.04. The van der Waals surface area contributed by atoms with Gasteiger partial charge in [0.15, 0.2) is 0 Å². The molecule has 1 aliphatic rings. The minimum Gasteiger partial charge on any atom is -0.623 e. The van der Waals surface area contributed by atoms with Gasteiger partial charge in [-0.15, -0.1) is 11.6 Å². The van der Waals surface area contributed by atoms with Gasteiger partial charge >= 0.3 is 0 Å². The SMILES string of the molecule is CCc1cc2nc([N+]3([O-])CN(CCl)CC3O)sc2cc1Br. The van der Waals surface area contributed by atoms with E-state index in [9.17, 15) is 10.3 Å². The molecule has 0 amide bonds. The van der Waals surface area contributed by atoms with Crippen LogP contribution in [0, 0.1) is 5.21 Å². The molecule has 2 heterocycles. The molecule has 0 saturated carbocycles. The summed E-state index contributed by atoms with van der Waals surface area (Å²) in [5.41, 5.74) is 1.96. The lowest BCUT2D eigenvalue weighted by atomic mass is 10.2. The zero-order valence-electron chi connectivity index (χ0n) is 11.4. The van der Waals surface area contributed by atoms with Gasteiger partial charge in [0, 0.05) is 4.47 Å². The maximum Gasteiger partial charge on any atom is 0.290 e. The van der Waals surface area contributed by atoms with E-state index in [1.54, 1.807) is 4.90 Å². The number of halogens is 2. The second kappa shape index (κ2) is 5.73. The Balaban J connectivity index is 2.05. The fourth-order valence-electron chi connectivity index (χ4n) is 2.50. The first-order chi connectivity index (χ1) is 9.97. The molecule has 1 saturated heterocycles. The smallest absolute Gasteiger partial charge is 0.290 e. The van der Waals surface area contributed by atoms with E-state index < -0.39 is 10.9 Å². The van der Waals surface area contributed by atoms with Crippen molar-refractivity contribution >= 4 is 54.2 Å². The molecule has 0 radical (unpaired) electrons. The number of benzene rings is 1. The van der Waals surface area contributed by atoms with Crippen LogP contribution < -0.4 is 4.65 Å². The molecule has 0 spiro atoms. The lowest BCUT2D eigenvalue weighted by molar-refractivity contribution is 0.0848. The molecule has 3 rings (SSSR count). The molecule has 2 aromatic rings. The number of aryl methyl sites for hydroxylation is 1. The Morgan fingerprint density at radius 3 is 3.00 bits per heavy atom. The van der Waals surface area contributed by atoms with Crippen molar-refractivity contribution in [1.29, 1.82) is 0 Å². The van der Waals surface area contributed by atoms with Gasteiger partial charge in [0.1, 0.15) is 6.67 Å². The monoisotopic (exact) mass is 391 g/mol. The third-order valence-electron chi connectivity index (χ3n) is 3.73. The molecule has 0 aliphatic carbocycles. The van der Waals surface area contributed by atoms with Crippen LogP contribution >= 0.6 is 38.9 Å². The molecule has 1 aromatic heterocycles. The molecule has 5 nitrogen and oxygen atoms in total. The molecule has 114 valence electrons. The van der Waals surface area contributed by atoms with E-state index in [0.717, 1.165) is 26.7 Å². The summed E-state index contributed by atoms with van der Waals surface area (Å²) in [6.07, 6.45) is -0.151. The number of hydroxylamine groups is 2. The molecule has 2 unspecified atom stereocenters. The quantitative estimate of drug-likeness (QED) is 0.377. The van der Waals surface area contributed by atoms with Crippen molar-refractivity contribution in [1.82, 2.24) is 14.5 Å². The number of aromatic nitrogens is 1. The summed E-state index contributed by atoms with van der Waals surface area (Å²) in [5, 5.41) is 23.4. The number of hydrogen-bond donors (Lipinski definition) is 1. The van der Waals surface area contributed by atoms with Gasteiger partial charge in [-0.05, 0) is 24.1 Å². The molecule has 1 aliphatic heterocycles. The highest BCUT2D eigenvalue weighted by Gasteiger charge is 2.42. The maximum absolute atomic E-state index is 12.9. The number of hydrogen-bond acceptors (Lipinski definition) is 5. The standard InChI is InChI=1S/C13H15BrClN3O2S/c1-2-8-3-10-11(4-9(8)14)21-13(16-10)18(20)7-17(6-15)5-12(18)19/h3-4,12,19H,2,5-7H2,1H3. The number of aliphatic hydroxyl groups excluding tert-OH is 1. The number of fused-ring (bicyclic) bond motifs is 1. The van der Waals surface area contributed by atoms with Gasteiger partial charge in [-0.2, -0.15) is 4.98 Å². The van der Waals surface area contributed by atoms with Gasteiger partial charge in [0.25, 0.3) is 5.13 Å². The highest BCUT2D eigenvalue weighted by Crippen LogP contribution is 2.38. The number of quaternary nitrogens is 1. The van der Waals surface area contributed by atoms with E-state index in [1.165, 1.54) is 11.3 Å². The third kappa shape index (κ3) is 2.61. The Bertz CT molecular complexity index is 683. The van der Waals surface area contributed by atoms with Crippen molar-refractivity contribution < 1.29 is 5.11 Å². The highest BCUT2D eigenvalue weighted by molar-refractivity contribution is 9.10. The first-order valence-electron chi connectivity index (χ1n) is 6.62. The molecule has 0 bridgehead atoms. The maximum atomic E-state index is 12.9. The number of alkyl halides is 1. The molecular weight excluding hydrogens is 378 g/mol. The fraction of sp³-hybridized carbons (Fsp3) is 0.462. The second-order valence-electron chi connectivity index (χ2n) is 5.15. The van der Waals surface area contributed by atoms with Crippen LogP contribution in [0.2, 0.25) is 0 Å². The Kier molecular flexibility index (Phi) is 4.26. The van der Waals surface area contributed by atoms with Gasteiger partial charge in [-0.25, -0.2) is 4.90 Å². The molecule has 21 heavy (non-hydrogen) atoms. The zero-order valence-corrected chi connectivity index (χ0v) is 14.6. The van der Waals surface area contributed by atoms with E-state index >= 15 is 0 Å². The van der Waals surface area contributed by atoms with Gasteiger partial charge in [0.2, 0.25) is 6.23 Å². The normalized spacial score (nSPS) is 26.8. The van der Waals surface area contributed by atoms with Crippen molar-refractivity contribution in [3.05, 3.63) is 27.4 Å². The first-order valence-corrected chi connectivity index (χ1v) is 8.77. The van der Waals surface area contributed by atoms with Gasteiger partial charge in [-0.3, -0.25) is 4.65 Å². The second-order valence-corrected chi connectivity index (χ2v) is 7.25. The zero-order chi connectivity index (χ0) is 15.2. The minimum absolute atomic E-state index is 0.131. The van der Waals surface area contributed by atoms with Crippen molar-refractivity contribution in [2.75, 3.05) is 19.2 Å². The summed E-state index contributed by atoms with van der Waals surface area (Å²) in [6, 6.07) is 4.21. The Morgan fingerprint density at radius 2 is 2.38 bits per heavy atom. The average Bonchev–Trinajstić information content (AvgIpc) is 3.00. The largest absolute Gasteiger partial charge is 0.623 e. The lowest BCUT2D eigenvalue weighted by Crippen LogP contribution is -2.48. The number of β-amino-alcohol motifs (C(OH)–C–C–N with tert-alkyl or cyclic N) is 1. The van der Waals surface area contributed by atoms with Crippen molar-refractivity contribution in [3.63, 3.8) is 0 Å². The summed E-state index contributed by atoms with van der Waals surface area (Å²) in [4.78, 5) is 6.18. The van der Waals surface area contributed by atoms with Crippen molar-refractivity contribution in [3.8, 4) is 0 Å². The topological polar surface area (TPSA) is 59.4 Å². The average molecular weight is 393 g/mol. The Morgan fingerprint density at radius 1 is 1.62 bits per heavy atom. The summed E-state index contributed by atoms with van der Waals surface area (Å²) in [7, 11) is 0. The van der Waals surface area contributed by atoms with Crippen LogP contribution in [0.5, 0.6) is 0 Å². The predicted molar refractivity (Wildman–Crippen MR) is 90.2 cm³/mol. The number of nitrogens with zero attached hydrogens (tertiary/aromatic N) is 3. The van der Waals surface area contributed by atoms with E-state index in [2.05, 4.69) is 27.8 Å². The van der Waals surface area contributed by atoms with Crippen molar-refractivity contribution in [2.24, 2.45) is 0 Å². The molecule has 8 heteroatoms. The van der Waals surface area contributed by atoms with Crippen LogP contribution in [-0.2, 0) is 6.42 Å². The lowest BCUT2D eigenvalue weighted by Gasteiger charge is -2.37. The van der Waals surface area contributed by atoms with Crippen LogP contribution in [0.1, 0.15) is 12.5 Å². The molecule has 1 fully saturated rings. The van der Waals surface area contributed by atoms with E-state index in [4.69, 9.17) is 11.6 Å². The predicted octanol–water partition coefficient (Wildman–Crippen LogP) is 3.21. The van der Waals surface area contributed by atoms with Crippen LogP contribution in [0.15, 0.2) is 16.6 Å². The van der Waals surface area contributed by atoms with E-state index in [0.29, 0.717) is 5.13 Å². The van der Waals surface area contributed by atoms with E-state index in [1.807, 2.05) is 12.1 Å². The van der Waals surface area contributed by atoms with E-state index in [-0.39, 0.29) is 19.2 Å². The first kappa shape index (κ1) is 15.6. The Hall–Kier alpha value is -0.280. The highest BCUT2D eigenvalue weighted by atomic mass is 79.9. The summed E-state index contributed by atoms with van der Waals surface area (Å²) in [6.45, 7) is 2.47. The molecule has 1 N–H and O–H groups in total. The number of aliphatic hydroxyl groups is 1. The molecule has 2 atom stereocenters. The summed E-state index contributed by atoms with van der Waals surface area (Å²) < 4.78 is 1.12. The van der Waals surface area contributed by atoms with Gasteiger partial charge in [-0.1, -0.05) is 34.2 Å². The van der Waals surface area contributed by atoms with Crippen LogP contribution in [0.3, 0.4) is 0 Å². The molecular formula is C13H15BrClN3O2S. The number of thiazole rings is 1. The number of rotatable bonds is 3. The van der Waals surface area contributed by atoms with Crippen molar-refractivity contribution in [2.45, 2.75) is 19.6 Å². The fourth-order valence-corrected chi connectivity index (χ4v) is 4.51. The Labute approximate surface area is 140 Å². The summed E-state index contributed by atoms with van der Waals surface area (Å²) in [5.74, 6) is 0. The van der Waals surface area contributed by atoms with Gasteiger partial charge < -0.3 is 10.3 Å².